The van der Waals surface area contributed by atoms with Gasteiger partial charge in [0.05, 0.1) is 6.61 Å². The first-order chi connectivity index (χ1) is 5.06. The summed E-state index contributed by atoms with van der Waals surface area (Å²) in [5.74, 6) is 0. The third kappa shape index (κ3) is 3.69. The van der Waals surface area contributed by atoms with Crippen LogP contribution in [0.15, 0.2) is 0 Å². The first-order valence-corrected chi connectivity index (χ1v) is 7.80. The summed E-state index contributed by atoms with van der Waals surface area (Å²) in [4.78, 5) is 0. The van der Waals surface area contributed by atoms with E-state index in [9.17, 15) is 4.57 Å². The minimum Gasteiger partial charge on any atom is -0.326 e. The Morgan fingerprint density at radius 3 is 2.27 bits per heavy atom. The molecule has 2 atom stereocenters. The monoisotopic (exact) mass is 196 g/mol. The van der Waals surface area contributed by atoms with Crippen LogP contribution in [0.4, 0.5) is 0 Å². The van der Waals surface area contributed by atoms with Gasteiger partial charge in [-0.2, -0.15) is 0 Å². The van der Waals surface area contributed by atoms with Crippen LogP contribution in [0.2, 0.25) is 0 Å². The van der Waals surface area contributed by atoms with E-state index in [1.165, 1.54) is 0 Å². The highest BCUT2D eigenvalue weighted by Crippen LogP contribution is 2.67. The van der Waals surface area contributed by atoms with Crippen molar-refractivity contribution in [3.63, 3.8) is 0 Å². The van der Waals surface area contributed by atoms with Gasteiger partial charge in [-0.05, 0) is 21.4 Å². The lowest BCUT2D eigenvalue weighted by atomic mass is 10.6. The van der Waals surface area contributed by atoms with Crippen molar-refractivity contribution in [2.24, 2.45) is 0 Å². The van der Waals surface area contributed by atoms with E-state index in [0.29, 0.717) is 14.9 Å². The topological polar surface area (TPSA) is 26.3 Å². The van der Waals surface area contributed by atoms with Gasteiger partial charge in [-0.15, -0.1) is 0 Å². The van der Waals surface area contributed by atoms with Gasteiger partial charge in [0.25, 0.3) is 0 Å². The standard InChI is InChI=1S/C7H18O2P2/c1-5-9-11(8,7(3)4)10-6-2/h7,10H,5-6H2,1-4H3. The summed E-state index contributed by atoms with van der Waals surface area (Å²) in [5, 5.41) is 0. The van der Waals surface area contributed by atoms with Crippen LogP contribution in [0.25, 0.3) is 0 Å². The van der Waals surface area contributed by atoms with Gasteiger partial charge < -0.3 is 4.52 Å². The predicted molar refractivity (Wildman–Crippen MR) is 53.2 cm³/mol. The largest absolute Gasteiger partial charge is 0.326 e. The summed E-state index contributed by atoms with van der Waals surface area (Å²) in [6, 6.07) is 0. The van der Waals surface area contributed by atoms with Gasteiger partial charge in [0.15, 0.2) is 0 Å². The molecule has 0 aliphatic heterocycles. The summed E-state index contributed by atoms with van der Waals surface area (Å²) in [6.45, 7) is 8.46. The molecule has 4 heteroatoms. The van der Waals surface area contributed by atoms with Crippen molar-refractivity contribution in [2.45, 2.75) is 33.4 Å². The summed E-state index contributed by atoms with van der Waals surface area (Å²) < 4.78 is 17.2. The fourth-order valence-corrected chi connectivity index (χ4v) is 5.45. The third-order valence-electron chi connectivity index (χ3n) is 1.38. The summed E-state index contributed by atoms with van der Waals surface area (Å²) in [5.41, 5.74) is 0.181. The fourth-order valence-electron chi connectivity index (χ4n) is 0.789. The summed E-state index contributed by atoms with van der Waals surface area (Å²) in [6.07, 6.45) is 0.968. The molecule has 0 spiro atoms. The highest BCUT2D eigenvalue weighted by Gasteiger charge is 2.25. The lowest BCUT2D eigenvalue weighted by molar-refractivity contribution is 0.340. The van der Waals surface area contributed by atoms with E-state index in [1.807, 2.05) is 27.7 Å². The van der Waals surface area contributed by atoms with Crippen molar-refractivity contribution >= 4 is 15.3 Å². The highest BCUT2D eigenvalue weighted by atomic mass is 32.1. The lowest BCUT2D eigenvalue weighted by Crippen LogP contribution is -1.98. The highest BCUT2D eigenvalue weighted by molar-refractivity contribution is 8.22. The van der Waals surface area contributed by atoms with Crippen molar-refractivity contribution in [3.8, 4) is 0 Å². The molecule has 0 bridgehead atoms. The molecule has 0 aliphatic carbocycles. The molecule has 0 aromatic rings. The van der Waals surface area contributed by atoms with Crippen LogP contribution >= 0.6 is 15.3 Å². The summed E-state index contributed by atoms with van der Waals surface area (Å²) >= 11 is 0. The molecule has 0 aromatic heterocycles. The Morgan fingerprint density at radius 1 is 1.45 bits per heavy atom. The zero-order chi connectivity index (χ0) is 8.91. The summed E-state index contributed by atoms with van der Waals surface area (Å²) in [7, 11) is -1.78. The Hall–Kier alpha value is 0.620. The molecule has 2 nitrogen and oxygen atoms in total. The molecule has 2 unspecified atom stereocenters. The second-order valence-corrected chi connectivity index (χ2v) is 8.95. The van der Waals surface area contributed by atoms with Crippen molar-refractivity contribution in [1.29, 1.82) is 0 Å². The van der Waals surface area contributed by atoms with E-state index in [1.54, 1.807) is 0 Å². The maximum Gasteiger partial charge on any atom is 0.221 e. The number of rotatable bonds is 5. The molecule has 0 amide bonds. The Morgan fingerprint density at radius 2 is 2.00 bits per heavy atom. The molecule has 0 radical (unpaired) electrons. The van der Waals surface area contributed by atoms with Gasteiger partial charge in [-0.1, -0.05) is 20.8 Å². The van der Waals surface area contributed by atoms with E-state index < -0.39 is 7.06 Å². The van der Waals surface area contributed by atoms with Crippen LogP contribution in [-0.4, -0.2) is 18.4 Å². The maximum atomic E-state index is 11.9. The predicted octanol–water partition coefficient (Wildman–Crippen LogP) is 3.32. The molecule has 0 heterocycles. The van der Waals surface area contributed by atoms with Crippen molar-refractivity contribution < 1.29 is 9.09 Å². The SMILES string of the molecule is CCOP(=O)(PCC)C(C)C. The second-order valence-electron chi connectivity index (χ2n) is 2.62. The molecule has 0 rings (SSSR count). The fraction of sp³-hybridized carbons (Fsp3) is 1.00. The zero-order valence-electron chi connectivity index (χ0n) is 7.76. The average molecular weight is 196 g/mol. The molecule has 0 saturated carbocycles. The quantitative estimate of drug-likeness (QED) is 0.630. The Bertz CT molecular complexity index is 135. The molecule has 0 N–H and O–H groups in total. The smallest absolute Gasteiger partial charge is 0.221 e. The molecule has 0 aromatic carbocycles. The van der Waals surface area contributed by atoms with E-state index in [0.717, 1.165) is 6.16 Å². The molecule has 0 aliphatic rings. The van der Waals surface area contributed by atoms with E-state index in [-0.39, 0.29) is 5.66 Å². The van der Waals surface area contributed by atoms with E-state index >= 15 is 0 Å². The van der Waals surface area contributed by atoms with Crippen LogP contribution in [0.5, 0.6) is 0 Å². The van der Waals surface area contributed by atoms with Crippen molar-refractivity contribution in [1.82, 2.24) is 0 Å². The van der Waals surface area contributed by atoms with Crippen molar-refractivity contribution in [3.05, 3.63) is 0 Å². The van der Waals surface area contributed by atoms with Crippen LogP contribution in [0, 0.1) is 0 Å². The Labute approximate surface area is 71.2 Å². The molecule has 0 saturated heterocycles. The van der Waals surface area contributed by atoms with E-state index in [2.05, 4.69) is 0 Å². The Kier molecular flexibility index (Phi) is 5.60. The van der Waals surface area contributed by atoms with Gasteiger partial charge >= 0.3 is 0 Å². The molecule has 68 valence electrons. The van der Waals surface area contributed by atoms with Gasteiger partial charge in [0.1, 0.15) is 0 Å². The minimum atomic E-state index is -2.26. The first-order valence-electron chi connectivity index (χ1n) is 4.06. The normalized spacial score (nSPS) is 17.9. The second kappa shape index (κ2) is 5.30. The van der Waals surface area contributed by atoms with Crippen LogP contribution < -0.4 is 0 Å². The third-order valence-corrected chi connectivity index (χ3v) is 8.35. The van der Waals surface area contributed by atoms with Gasteiger partial charge in [0, 0.05) is 5.66 Å². The van der Waals surface area contributed by atoms with Gasteiger partial charge in [-0.25, -0.2) is 0 Å². The molecule has 11 heavy (non-hydrogen) atoms. The number of hydrogen-bond acceptors (Lipinski definition) is 2. The first kappa shape index (κ1) is 11.6. The Balaban J connectivity index is 4.14. The minimum absolute atomic E-state index is 0.181. The van der Waals surface area contributed by atoms with Crippen LogP contribution in [0.3, 0.4) is 0 Å². The average Bonchev–Trinajstić information content (AvgIpc) is 1.88. The van der Waals surface area contributed by atoms with Crippen molar-refractivity contribution in [2.75, 3.05) is 12.8 Å². The van der Waals surface area contributed by atoms with E-state index in [4.69, 9.17) is 4.52 Å². The molecular weight excluding hydrogens is 178 g/mol. The van der Waals surface area contributed by atoms with Crippen LogP contribution in [-0.2, 0) is 9.09 Å². The zero-order valence-corrected chi connectivity index (χ0v) is 9.65. The molecule has 0 fully saturated rings. The van der Waals surface area contributed by atoms with Gasteiger partial charge in [0.2, 0.25) is 7.06 Å². The van der Waals surface area contributed by atoms with Crippen LogP contribution in [0.1, 0.15) is 27.7 Å². The number of hydrogen-bond donors (Lipinski definition) is 0. The maximum absolute atomic E-state index is 11.9. The lowest BCUT2D eigenvalue weighted by Gasteiger charge is -2.20. The van der Waals surface area contributed by atoms with Gasteiger partial charge in [-0.3, -0.25) is 4.57 Å². The molecular formula is C7H18O2P2.